The van der Waals surface area contributed by atoms with Crippen LogP contribution in [-0.4, -0.2) is 36.5 Å². The Kier molecular flexibility index (Phi) is 9.29. The van der Waals surface area contributed by atoms with Gasteiger partial charge >= 0.3 is 0 Å². The van der Waals surface area contributed by atoms with Crippen LogP contribution in [0.2, 0.25) is 0 Å². The molecular weight excluding hydrogens is 392 g/mol. The van der Waals surface area contributed by atoms with E-state index in [0.29, 0.717) is 12.1 Å². The number of rotatable bonds is 7. The highest BCUT2D eigenvalue weighted by molar-refractivity contribution is 7.10. The monoisotopic (exact) mass is 422 g/mol. The molecule has 1 unspecified atom stereocenters. The second-order valence-electron chi connectivity index (χ2n) is 7.38. The average molecular weight is 423 g/mol. The Labute approximate surface area is 178 Å². The van der Waals surface area contributed by atoms with Crippen LogP contribution >= 0.6 is 23.7 Å². The molecule has 0 radical (unpaired) electrons. The number of hydrogen-bond donors (Lipinski definition) is 1. The molecular formula is C22H31ClN2O2S. The minimum absolute atomic E-state index is 0. The molecule has 154 valence electrons. The van der Waals surface area contributed by atoms with Gasteiger partial charge < -0.3 is 10.1 Å². The van der Waals surface area contributed by atoms with Crippen LogP contribution in [0, 0.1) is 0 Å². The van der Waals surface area contributed by atoms with Crippen molar-refractivity contribution in [3.05, 3.63) is 52.2 Å². The van der Waals surface area contributed by atoms with Gasteiger partial charge in [-0.1, -0.05) is 18.9 Å². The first-order valence-corrected chi connectivity index (χ1v) is 10.8. The standard InChI is InChI=1S/C22H30N2O2S.ClH/c1-17(2)26-19-11-9-18(10-12-19)22(25)23-16-20(21-8-7-15-27-21)24-13-5-3-4-6-14-24;/h7-12,15,17,20H,3-6,13-14,16H2,1-2H3,(H,23,25);1H. The molecule has 1 fully saturated rings. The molecule has 0 spiro atoms. The van der Waals surface area contributed by atoms with E-state index >= 15 is 0 Å². The minimum Gasteiger partial charge on any atom is -0.491 e. The van der Waals surface area contributed by atoms with Crippen molar-refractivity contribution in [1.82, 2.24) is 10.2 Å². The summed E-state index contributed by atoms with van der Waals surface area (Å²) >= 11 is 1.78. The van der Waals surface area contributed by atoms with E-state index in [2.05, 4.69) is 27.7 Å². The Morgan fingerprint density at radius 2 is 1.79 bits per heavy atom. The summed E-state index contributed by atoms with van der Waals surface area (Å²) in [6.07, 6.45) is 5.24. The molecule has 28 heavy (non-hydrogen) atoms. The fraction of sp³-hybridized carbons (Fsp3) is 0.500. The largest absolute Gasteiger partial charge is 0.491 e. The molecule has 1 aliphatic heterocycles. The highest BCUT2D eigenvalue weighted by Crippen LogP contribution is 2.27. The first kappa shape index (κ1) is 22.7. The number of thiophene rings is 1. The molecule has 1 saturated heterocycles. The van der Waals surface area contributed by atoms with Crippen LogP contribution in [0.3, 0.4) is 0 Å². The first-order chi connectivity index (χ1) is 13.1. The zero-order valence-corrected chi connectivity index (χ0v) is 18.4. The Morgan fingerprint density at radius 1 is 1.11 bits per heavy atom. The molecule has 1 aliphatic rings. The molecule has 1 aromatic carbocycles. The van der Waals surface area contributed by atoms with E-state index in [1.165, 1.54) is 30.6 Å². The summed E-state index contributed by atoms with van der Waals surface area (Å²) in [6, 6.07) is 11.9. The van der Waals surface area contributed by atoms with Crippen molar-refractivity contribution < 1.29 is 9.53 Å². The number of halogens is 1. The summed E-state index contributed by atoms with van der Waals surface area (Å²) in [5, 5.41) is 5.27. The molecule has 1 amide bonds. The summed E-state index contributed by atoms with van der Waals surface area (Å²) < 4.78 is 5.65. The Morgan fingerprint density at radius 3 is 2.36 bits per heavy atom. The lowest BCUT2D eigenvalue weighted by molar-refractivity contribution is 0.0934. The zero-order valence-electron chi connectivity index (χ0n) is 16.7. The van der Waals surface area contributed by atoms with Crippen molar-refractivity contribution in [3.63, 3.8) is 0 Å². The van der Waals surface area contributed by atoms with E-state index in [1.807, 2.05) is 38.1 Å². The van der Waals surface area contributed by atoms with Gasteiger partial charge in [-0.05, 0) is 75.5 Å². The van der Waals surface area contributed by atoms with Crippen LogP contribution in [0.25, 0.3) is 0 Å². The van der Waals surface area contributed by atoms with Crippen molar-refractivity contribution in [1.29, 1.82) is 0 Å². The summed E-state index contributed by atoms with van der Waals surface area (Å²) in [5.41, 5.74) is 0.673. The van der Waals surface area contributed by atoms with E-state index < -0.39 is 0 Å². The molecule has 0 saturated carbocycles. The number of ether oxygens (including phenoxy) is 1. The summed E-state index contributed by atoms with van der Waals surface area (Å²) in [6.45, 7) is 6.85. The summed E-state index contributed by atoms with van der Waals surface area (Å²) in [5.74, 6) is 0.769. The van der Waals surface area contributed by atoms with Gasteiger partial charge in [0.2, 0.25) is 0 Å². The highest BCUT2D eigenvalue weighted by atomic mass is 35.5. The van der Waals surface area contributed by atoms with Gasteiger partial charge in [-0.3, -0.25) is 9.69 Å². The van der Waals surface area contributed by atoms with E-state index in [1.54, 1.807) is 11.3 Å². The van der Waals surface area contributed by atoms with E-state index in [4.69, 9.17) is 4.74 Å². The van der Waals surface area contributed by atoms with Gasteiger partial charge in [-0.2, -0.15) is 0 Å². The number of carbonyl (C=O) groups is 1. The second-order valence-corrected chi connectivity index (χ2v) is 8.36. The summed E-state index contributed by atoms with van der Waals surface area (Å²) in [7, 11) is 0. The lowest BCUT2D eigenvalue weighted by Crippen LogP contribution is -2.38. The zero-order chi connectivity index (χ0) is 19.1. The third-order valence-electron chi connectivity index (χ3n) is 4.90. The molecule has 1 atom stereocenters. The van der Waals surface area contributed by atoms with Crippen LogP contribution in [0.5, 0.6) is 5.75 Å². The molecule has 1 N–H and O–H groups in total. The van der Waals surface area contributed by atoms with E-state index in [0.717, 1.165) is 18.8 Å². The second kappa shape index (κ2) is 11.4. The van der Waals surface area contributed by atoms with E-state index in [-0.39, 0.29) is 30.5 Å². The van der Waals surface area contributed by atoms with Crippen LogP contribution in [0.1, 0.15) is 60.8 Å². The predicted molar refractivity (Wildman–Crippen MR) is 119 cm³/mol. The number of amides is 1. The number of carbonyl (C=O) groups excluding carboxylic acids is 1. The lowest BCUT2D eigenvalue weighted by Gasteiger charge is -2.30. The van der Waals surface area contributed by atoms with Crippen molar-refractivity contribution in [2.24, 2.45) is 0 Å². The third-order valence-corrected chi connectivity index (χ3v) is 5.87. The molecule has 1 aromatic heterocycles. The van der Waals surface area contributed by atoms with Crippen LogP contribution in [-0.2, 0) is 0 Å². The molecule has 0 bridgehead atoms. The fourth-order valence-electron chi connectivity index (χ4n) is 3.55. The van der Waals surface area contributed by atoms with Crippen molar-refractivity contribution in [2.75, 3.05) is 19.6 Å². The first-order valence-electron chi connectivity index (χ1n) is 9.96. The maximum Gasteiger partial charge on any atom is 0.251 e. The van der Waals surface area contributed by atoms with Crippen molar-refractivity contribution in [2.45, 2.75) is 51.7 Å². The molecule has 4 nitrogen and oxygen atoms in total. The van der Waals surface area contributed by atoms with E-state index in [9.17, 15) is 4.79 Å². The maximum absolute atomic E-state index is 12.6. The smallest absolute Gasteiger partial charge is 0.251 e. The van der Waals surface area contributed by atoms with Gasteiger partial charge in [0.1, 0.15) is 5.75 Å². The third kappa shape index (κ3) is 6.50. The molecule has 2 heterocycles. The topological polar surface area (TPSA) is 41.6 Å². The molecule has 2 aromatic rings. The Bertz CT molecular complexity index is 696. The SMILES string of the molecule is CC(C)Oc1ccc(C(=O)NCC(c2cccs2)N2CCCCCC2)cc1.Cl. The van der Waals surface area contributed by atoms with Gasteiger partial charge in [0, 0.05) is 17.0 Å². The quantitative estimate of drug-likeness (QED) is 0.657. The lowest BCUT2D eigenvalue weighted by atomic mass is 10.1. The number of nitrogens with zero attached hydrogens (tertiary/aromatic N) is 1. The van der Waals surface area contributed by atoms with Gasteiger partial charge in [0.25, 0.3) is 5.91 Å². The summed E-state index contributed by atoms with van der Waals surface area (Å²) in [4.78, 5) is 16.5. The van der Waals surface area contributed by atoms with Crippen LogP contribution in [0.15, 0.2) is 41.8 Å². The number of benzene rings is 1. The van der Waals surface area contributed by atoms with Crippen molar-refractivity contribution in [3.8, 4) is 5.75 Å². The van der Waals surface area contributed by atoms with Gasteiger partial charge in [0.05, 0.1) is 12.1 Å². The average Bonchev–Trinajstić information content (AvgIpc) is 3.05. The van der Waals surface area contributed by atoms with Gasteiger partial charge in [0.15, 0.2) is 0 Å². The van der Waals surface area contributed by atoms with Crippen LogP contribution in [0.4, 0.5) is 0 Å². The molecule has 0 aliphatic carbocycles. The molecule has 3 rings (SSSR count). The Balaban J connectivity index is 0.00000280. The minimum atomic E-state index is -0.0255. The van der Waals surface area contributed by atoms with Crippen LogP contribution < -0.4 is 10.1 Å². The van der Waals surface area contributed by atoms with Gasteiger partial charge in [-0.25, -0.2) is 0 Å². The Hall–Kier alpha value is -1.56. The number of hydrogen-bond acceptors (Lipinski definition) is 4. The number of nitrogens with one attached hydrogen (secondary N) is 1. The predicted octanol–water partition coefficient (Wildman–Crippen LogP) is 5.30. The number of likely N-dealkylation sites (tertiary alicyclic amines) is 1. The normalized spacial score (nSPS) is 16.1. The molecule has 6 heteroatoms. The fourth-order valence-corrected chi connectivity index (χ4v) is 4.41. The van der Waals surface area contributed by atoms with Gasteiger partial charge in [-0.15, -0.1) is 23.7 Å². The van der Waals surface area contributed by atoms with Crippen molar-refractivity contribution >= 4 is 29.7 Å². The maximum atomic E-state index is 12.6. The highest BCUT2D eigenvalue weighted by Gasteiger charge is 2.23.